The third-order valence-electron chi connectivity index (χ3n) is 4.35. The summed E-state index contributed by atoms with van der Waals surface area (Å²) >= 11 is 0. The Morgan fingerprint density at radius 2 is 2.06 bits per heavy atom. The highest BCUT2D eigenvalue weighted by Gasteiger charge is 2.38. The van der Waals surface area contributed by atoms with Crippen molar-refractivity contribution in [3.05, 3.63) is 0 Å². The third-order valence-corrected chi connectivity index (χ3v) is 6.12. The fraction of sp³-hybridized carbons (Fsp3) is 0.917. The molecular formula is C12H22N2O3S. The zero-order valence-corrected chi connectivity index (χ0v) is 11.7. The molecule has 2 aliphatic rings. The Morgan fingerprint density at radius 1 is 1.33 bits per heavy atom. The lowest BCUT2D eigenvalue weighted by Gasteiger charge is -2.31. The second kappa shape index (κ2) is 5.17. The molecule has 0 aromatic heterocycles. The van der Waals surface area contributed by atoms with Gasteiger partial charge in [0, 0.05) is 13.1 Å². The fourth-order valence-corrected chi connectivity index (χ4v) is 4.98. The summed E-state index contributed by atoms with van der Waals surface area (Å²) in [5.74, 6) is 0.204. The molecule has 1 aliphatic carbocycles. The first-order chi connectivity index (χ1) is 8.44. The van der Waals surface area contributed by atoms with E-state index in [1.54, 1.807) is 11.9 Å². The summed E-state index contributed by atoms with van der Waals surface area (Å²) in [6.45, 7) is 0.602. The van der Waals surface area contributed by atoms with Crippen molar-refractivity contribution in [3.63, 3.8) is 0 Å². The van der Waals surface area contributed by atoms with Crippen LogP contribution in [0.15, 0.2) is 0 Å². The monoisotopic (exact) mass is 274 g/mol. The summed E-state index contributed by atoms with van der Waals surface area (Å²) in [7, 11) is -1.19. The second-order valence-electron chi connectivity index (χ2n) is 5.54. The molecule has 1 aliphatic heterocycles. The van der Waals surface area contributed by atoms with E-state index in [2.05, 4.69) is 0 Å². The van der Waals surface area contributed by atoms with Crippen LogP contribution in [0.4, 0.5) is 0 Å². The van der Waals surface area contributed by atoms with Crippen molar-refractivity contribution >= 4 is 15.7 Å². The van der Waals surface area contributed by atoms with Crippen LogP contribution in [0.25, 0.3) is 0 Å². The molecule has 2 rings (SSSR count). The van der Waals surface area contributed by atoms with Gasteiger partial charge in [0.25, 0.3) is 0 Å². The number of sulfone groups is 1. The minimum Gasteiger partial charge on any atom is -0.342 e. The number of hydrogen-bond acceptors (Lipinski definition) is 4. The molecule has 0 aromatic rings. The lowest BCUT2D eigenvalue weighted by atomic mass is 10.0. The molecule has 1 amide bonds. The molecule has 2 N–H and O–H groups in total. The number of nitrogens with two attached hydrogens (primary N) is 1. The molecule has 1 heterocycles. The van der Waals surface area contributed by atoms with Crippen molar-refractivity contribution in [2.45, 2.75) is 31.7 Å². The van der Waals surface area contributed by atoms with Gasteiger partial charge in [-0.15, -0.1) is 0 Å². The van der Waals surface area contributed by atoms with Gasteiger partial charge in [0.05, 0.1) is 17.4 Å². The average molecular weight is 274 g/mol. The van der Waals surface area contributed by atoms with E-state index in [0.717, 1.165) is 19.3 Å². The first kappa shape index (κ1) is 13.8. The highest BCUT2D eigenvalue weighted by atomic mass is 32.2. The highest BCUT2D eigenvalue weighted by molar-refractivity contribution is 7.91. The minimum absolute atomic E-state index is 0.0126. The van der Waals surface area contributed by atoms with Gasteiger partial charge in [-0.2, -0.15) is 0 Å². The van der Waals surface area contributed by atoms with Crippen LogP contribution in [0.5, 0.6) is 0 Å². The van der Waals surface area contributed by atoms with Crippen LogP contribution in [0.2, 0.25) is 0 Å². The van der Waals surface area contributed by atoms with Gasteiger partial charge in [-0.1, -0.05) is 6.42 Å². The number of carbonyl (C=O) groups is 1. The van der Waals surface area contributed by atoms with E-state index in [-0.39, 0.29) is 29.4 Å². The van der Waals surface area contributed by atoms with E-state index in [1.807, 2.05) is 0 Å². The number of hydrogen-bond donors (Lipinski definition) is 1. The zero-order chi connectivity index (χ0) is 13.3. The Labute approximate surface area is 109 Å². The van der Waals surface area contributed by atoms with Crippen LogP contribution in [-0.4, -0.2) is 50.4 Å². The van der Waals surface area contributed by atoms with Gasteiger partial charge in [0.2, 0.25) is 5.91 Å². The highest BCUT2D eigenvalue weighted by Crippen LogP contribution is 2.30. The van der Waals surface area contributed by atoms with E-state index in [1.165, 1.54) is 0 Å². The Morgan fingerprint density at radius 3 is 2.61 bits per heavy atom. The van der Waals surface area contributed by atoms with Gasteiger partial charge in [0.1, 0.15) is 0 Å². The first-order valence-electron chi connectivity index (χ1n) is 6.62. The van der Waals surface area contributed by atoms with Crippen molar-refractivity contribution < 1.29 is 13.2 Å². The largest absolute Gasteiger partial charge is 0.342 e. The zero-order valence-electron chi connectivity index (χ0n) is 10.8. The molecule has 3 unspecified atom stereocenters. The maximum atomic E-state index is 12.3. The van der Waals surface area contributed by atoms with Gasteiger partial charge in [0.15, 0.2) is 9.84 Å². The van der Waals surface area contributed by atoms with E-state index in [9.17, 15) is 13.2 Å². The Bertz CT molecular complexity index is 421. The molecule has 5 nitrogen and oxygen atoms in total. The maximum Gasteiger partial charge on any atom is 0.226 e. The molecule has 3 atom stereocenters. The molecule has 18 heavy (non-hydrogen) atoms. The number of nitrogens with zero attached hydrogens (tertiary/aromatic N) is 1. The van der Waals surface area contributed by atoms with Gasteiger partial charge in [-0.25, -0.2) is 8.42 Å². The predicted octanol–water partition coefficient (Wildman–Crippen LogP) is 0.00690. The van der Waals surface area contributed by atoms with Crippen LogP contribution in [0.1, 0.15) is 25.7 Å². The maximum absolute atomic E-state index is 12.3. The van der Waals surface area contributed by atoms with Gasteiger partial charge < -0.3 is 10.6 Å². The number of amides is 1. The van der Waals surface area contributed by atoms with Crippen LogP contribution in [0, 0.1) is 11.8 Å². The standard InChI is InChI=1S/C12H22N2O3S/c1-14(11-4-2-3-9(11)7-13)12(15)10-5-6-18(16,17)8-10/h9-11H,2-8,13H2,1H3. The number of carbonyl (C=O) groups excluding carboxylic acids is 1. The third kappa shape index (κ3) is 2.69. The smallest absolute Gasteiger partial charge is 0.226 e. The van der Waals surface area contributed by atoms with Gasteiger partial charge in [-0.3, -0.25) is 4.79 Å². The quantitative estimate of drug-likeness (QED) is 0.786. The van der Waals surface area contributed by atoms with Crippen molar-refractivity contribution in [2.24, 2.45) is 17.6 Å². The van der Waals surface area contributed by atoms with Crippen molar-refractivity contribution in [2.75, 3.05) is 25.1 Å². The molecule has 0 bridgehead atoms. The lowest BCUT2D eigenvalue weighted by molar-refractivity contribution is -0.136. The van der Waals surface area contributed by atoms with Crippen LogP contribution < -0.4 is 5.73 Å². The molecule has 1 saturated heterocycles. The van der Waals surface area contributed by atoms with Crippen LogP contribution in [0.3, 0.4) is 0 Å². The minimum atomic E-state index is -2.99. The van der Waals surface area contributed by atoms with E-state index < -0.39 is 9.84 Å². The lowest BCUT2D eigenvalue weighted by Crippen LogP contribution is -2.44. The predicted molar refractivity (Wildman–Crippen MR) is 69.7 cm³/mol. The van der Waals surface area contributed by atoms with E-state index in [0.29, 0.717) is 18.9 Å². The molecule has 104 valence electrons. The summed E-state index contributed by atoms with van der Waals surface area (Å²) in [6, 6.07) is 0.200. The topological polar surface area (TPSA) is 80.5 Å². The number of rotatable bonds is 3. The van der Waals surface area contributed by atoms with Crippen molar-refractivity contribution in [1.82, 2.24) is 4.90 Å². The average Bonchev–Trinajstić information content (AvgIpc) is 2.92. The fourth-order valence-electron chi connectivity index (χ4n) is 3.24. The summed E-state index contributed by atoms with van der Waals surface area (Å²) < 4.78 is 22.8. The molecule has 0 spiro atoms. The normalized spacial score (nSPS) is 34.7. The molecule has 2 fully saturated rings. The Hall–Kier alpha value is -0.620. The van der Waals surface area contributed by atoms with Crippen LogP contribution in [-0.2, 0) is 14.6 Å². The van der Waals surface area contributed by atoms with E-state index in [4.69, 9.17) is 5.73 Å². The molecule has 1 saturated carbocycles. The summed E-state index contributed by atoms with van der Waals surface area (Å²) in [5.41, 5.74) is 5.72. The summed E-state index contributed by atoms with van der Waals surface area (Å²) in [6.07, 6.45) is 3.64. The SMILES string of the molecule is CN(C(=O)C1CCS(=O)(=O)C1)C1CCCC1CN. The Balaban J connectivity index is 2.01. The van der Waals surface area contributed by atoms with Gasteiger partial charge in [-0.05, 0) is 31.7 Å². The Kier molecular flexibility index (Phi) is 3.96. The molecule has 0 aromatic carbocycles. The summed E-state index contributed by atoms with van der Waals surface area (Å²) in [4.78, 5) is 14.1. The second-order valence-corrected chi connectivity index (χ2v) is 7.77. The first-order valence-corrected chi connectivity index (χ1v) is 8.44. The van der Waals surface area contributed by atoms with Gasteiger partial charge >= 0.3 is 0 Å². The molecule has 6 heteroatoms. The van der Waals surface area contributed by atoms with Crippen molar-refractivity contribution in [1.29, 1.82) is 0 Å². The molecular weight excluding hydrogens is 252 g/mol. The summed E-state index contributed by atoms with van der Waals surface area (Å²) in [5, 5.41) is 0. The van der Waals surface area contributed by atoms with E-state index >= 15 is 0 Å². The van der Waals surface area contributed by atoms with Crippen LogP contribution >= 0.6 is 0 Å². The van der Waals surface area contributed by atoms with Crippen molar-refractivity contribution in [3.8, 4) is 0 Å². The molecule has 0 radical (unpaired) electrons.